The molecule has 1 atom stereocenters. The van der Waals surface area contributed by atoms with Crippen molar-refractivity contribution in [1.29, 1.82) is 0 Å². The van der Waals surface area contributed by atoms with Gasteiger partial charge in [-0.05, 0) is 56.7 Å². The second-order valence-corrected chi connectivity index (χ2v) is 6.70. The lowest BCUT2D eigenvalue weighted by Crippen LogP contribution is -2.49. The van der Waals surface area contributed by atoms with Crippen LogP contribution >= 0.6 is 0 Å². The van der Waals surface area contributed by atoms with Crippen LogP contribution in [0.2, 0.25) is 0 Å². The van der Waals surface area contributed by atoms with Crippen LogP contribution in [-0.2, 0) is 6.54 Å². The quantitative estimate of drug-likeness (QED) is 0.839. The Bertz CT molecular complexity index is 527. The summed E-state index contributed by atoms with van der Waals surface area (Å²) in [6.45, 7) is 4.64. The maximum Gasteiger partial charge on any atom is 0.318 e. The lowest BCUT2D eigenvalue weighted by molar-refractivity contribution is 0.0811. The number of urea groups is 1. The number of nitrogens with one attached hydrogen (secondary N) is 1. The van der Waals surface area contributed by atoms with Gasteiger partial charge in [0.25, 0.3) is 0 Å². The molecule has 0 bridgehead atoms. The van der Waals surface area contributed by atoms with E-state index in [0.29, 0.717) is 6.54 Å². The molecule has 0 heterocycles. The summed E-state index contributed by atoms with van der Waals surface area (Å²) in [6.07, 6.45) is 3.89. The molecule has 1 fully saturated rings. The average molecular weight is 334 g/mol. The molecule has 134 valence electrons. The number of hydrogen-bond acceptors (Lipinski definition) is 3. The van der Waals surface area contributed by atoms with Crippen LogP contribution in [0.3, 0.4) is 0 Å². The number of aliphatic hydroxyl groups is 1. The molecule has 1 aliphatic rings. The largest absolute Gasteiger partial charge is 0.497 e. The van der Waals surface area contributed by atoms with E-state index in [1.165, 1.54) is 0 Å². The minimum absolute atomic E-state index is 0.0199. The van der Waals surface area contributed by atoms with Crippen molar-refractivity contribution >= 4 is 6.03 Å². The lowest BCUT2D eigenvalue weighted by Gasteiger charge is -2.36. The zero-order valence-electron chi connectivity index (χ0n) is 15.0. The van der Waals surface area contributed by atoms with E-state index in [1.807, 2.05) is 36.1 Å². The van der Waals surface area contributed by atoms with E-state index in [4.69, 9.17) is 4.74 Å². The predicted octanol–water partition coefficient (Wildman–Crippen LogP) is 3.31. The van der Waals surface area contributed by atoms with Crippen LogP contribution < -0.4 is 10.1 Å². The summed E-state index contributed by atoms with van der Waals surface area (Å²) in [5.41, 5.74) is 1.06. The third kappa shape index (κ3) is 5.13. The molecule has 5 heteroatoms. The molecule has 1 saturated carbocycles. The van der Waals surface area contributed by atoms with Crippen molar-refractivity contribution in [2.24, 2.45) is 0 Å². The van der Waals surface area contributed by atoms with Crippen LogP contribution in [0.4, 0.5) is 4.79 Å². The van der Waals surface area contributed by atoms with Gasteiger partial charge in [0.15, 0.2) is 0 Å². The van der Waals surface area contributed by atoms with Crippen LogP contribution in [0.5, 0.6) is 5.75 Å². The van der Waals surface area contributed by atoms with Crippen LogP contribution in [0, 0.1) is 0 Å². The third-order valence-electron chi connectivity index (χ3n) is 4.84. The van der Waals surface area contributed by atoms with Crippen molar-refractivity contribution in [3.8, 4) is 5.75 Å². The highest BCUT2D eigenvalue weighted by atomic mass is 16.5. The topological polar surface area (TPSA) is 61.8 Å². The number of rotatable bonds is 6. The summed E-state index contributed by atoms with van der Waals surface area (Å²) in [6, 6.07) is 8.15. The smallest absolute Gasteiger partial charge is 0.318 e. The molecule has 2 rings (SSSR count). The Morgan fingerprint density at radius 2 is 2.08 bits per heavy atom. The van der Waals surface area contributed by atoms with E-state index in [1.54, 1.807) is 7.11 Å². The summed E-state index contributed by atoms with van der Waals surface area (Å²) in [4.78, 5) is 14.7. The summed E-state index contributed by atoms with van der Waals surface area (Å²) in [5.74, 6) is 0.800. The van der Waals surface area contributed by atoms with E-state index in [9.17, 15) is 9.90 Å². The molecule has 0 saturated heterocycles. The van der Waals surface area contributed by atoms with Gasteiger partial charge in [0.05, 0.1) is 13.2 Å². The highest BCUT2D eigenvalue weighted by Crippen LogP contribution is 2.25. The van der Waals surface area contributed by atoms with Gasteiger partial charge in [-0.1, -0.05) is 19.1 Å². The van der Waals surface area contributed by atoms with Crippen LogP contribution in [0.25, 0.3) is 0 Å². The van der Waals surface area contributed by atoms with E-state index < -0.39 is 0 Å². The van der Waals surface area contributed by atoms with Crippen molar-refractivity contribution < 1.29 is 14.6 Å². The molecular weight excluding hydrogens is 304 g/mol. The first-order chi connectivity index (χ1) is 11.5. The summed E-state index contributed by atoms with van der Waals surface area (Å²) in [5, 5.41) is 12.8. The zero-order valence-corrected chi connectivity index (χ0v) is 15.0. The Balaban J connectivity index is 2.13. The predicted molar refractivity (Wildman–Crippen MR) is 95.1 cm³/mol. The molecule has 1 aromatic carbocycles. The number of carbonyl (C=O) groups is 1. The summed E-state index contributed by atoms with van der Waals surface area (Å²) < 4.78 is 5.29. The molecule has 2 amide bonds. The minimum Gasteiger partial charge on any atom is -0.497 e. The van der Waals surface area contributed by atoms with E-state index in [2.05, 4.69) is 12.2 Å². The van der Waals surface area contributed by atoms with Gasteiger partial charge in [-0.25, -0.2) is 4.79 Å². The fraction of sp³-hybridized carbons (Fsp3) is 0.632. The highest BCUT2D eigenvalue weighted by Gasteiger charge is 2.28. The number of amides is 2. The molecule has 5 nitrogen and oxygen atoms in total. The molecule has 2 N–H and O–H groups in total. The molecule has 1 aliphatic carbocycles. The molecule has 0 spiro atoms. The molecule has 1 aromatic rings. The van der Waals surface area contributed by atoms with E-state index in [-0.39, 0.29) is 24.2 Å². The molecule has 0 unspecified atom stereocenters. The Kier molecular flexibility index (Phi) is 6.91. The van der Waals surface area contributed by atoms with Crippen LogP contribution in [-0.4, -0.2) is 41.3 Å². The highest BCUT2D eigenvalue weighted by molar-refractivity contribution is 5.75. The number of aliphatic hydroxyl groups excluding tert-OH is 1. The Morgan fingerprint density at radius 3 is 2.71 bits per heavy atom. The van der Waals surface area contributed by atoms with Gasteiger partial charge in [0.2, 0.25) is 0 Å². The monoisotopic (exact) mass is 334 g/mol. The maximum absolute atomic E-state index is 12.8. The van der Waals surface area contributed by atoms with E-state index >= 15 is 0 Å². The zero-order chi connectivity index (χ0) is 17.5. The van der Waals surface area contributed by atoms with Gasteiger partial charge in [0.1, 0.15) is 5.75 Å². The van der Waals surface area contributed by atoms with E-state index in [0.717, 1.165) is 43.4 Å². The third-order valence-corrected chi connectivity index (χ3v) is 4.84. The molecule has 24 heavy (non-hydrogen) atoms. The van der Waals surface area contributed by atoms with Crippen molar-refractivity contribution in [2.45, 2.75) is 70.7 Å². The van der Waals surface area contributed by atoms with Crippen LogP contribution in [0.1, 0.15) is 51.5 Å². The fourth-order valence-electron chi connectivity index (χ4n) is 3.10. The van der Waals surface area contributed by atoms with Crippen molar-refractivity contribution in [3.63, 3.8) is 0 Å². The first-order valence-electron chi connectivity index (χ1n) is 8.91. The first kappa shape index (κ1) is 18.6. The number of nitrogens with zero attached hydrogens (tertiary/aromatic N) is 1. The second-order valence-electron chi connectivity index (χ2n) is 6.70. The van der Waals surface area contributed by atoms with Gasteiger partial charge in [0, 0.05) is 18.6 Å². The van der Waals surface area contributed by atoms with Gasteiger partial charge >= 0.3 is 6.03 Å². The number of ether oxygens (including phenoxy) is 1. The fourth-order valence-corrected chi connectivity index (χ4v) is 3.10. The number of benzene rings is 1. The average Bonchev–Trinajstić information content (AvgIpc) is 2.60. The first-order valence-corrected chi connectivity index (χ1v) is 8.91. The second kappa shape index (κ2) is 8.92. The number of carbonyl (C=O) groups excluding carboxylic acids is 1. The van der Waals surface area contributed by atoms with Gasteiger partial charge in [-0.3, -0.25) is 0 Å². The SMILES string of the molecule is CC[C@@H](C)NC(=O)N(Cc1cccc(OC)c1)C1CCC(O)CC1. The summed E-state index contributed by atoms with van der Waals surface area (Å²) in [7, 11) is 1.65. The van der Waals surface area contributed by atoms with Gasteiger partial charge in [-0.15, -0.1) is 0 Å². The minimum atomic E-state index is -0.224. The van der Waals surface area contributed by atoms with Gasteiger partial charge in [-0.2, -0.15) is 0 Å². The van der Waals surface area contributed by atoms with Crippen molar-refractivity contribution in [2.75, 3.05) is 7.11 Å². The van der Waals surface area contributed by atoms with Crippen LogP contribution in [0.15, 0.2) is 24.3 Å². The lowest BCUT2D eigenvalue weighted by atomic mass is 9.92. The Morgan fingerprint density at radius 1 is 1.38 bits per heavy atom. The molecular formula is C19H30N2O3. The molecule has 0 aromatic heterocycles. The van der Waals surface area contributed by atoms with Crippen molar-refractivity contribution in [3.05, 3.63) is 29.8 Å². The standard InChI is InChI=1S/C19H30N2O3/c1-4-14(2)20-19(23)21(16-8-10-17(22)11-9-16)13-15-6-5-7-18(12-15)24-3/h5-7,12,14,16-17,22H,4,8-11,13H2,1-3H3,(H,20,23)/t14-,16?,17?/m1/s1. The number of hydrogen-bond donors (Lipinski definition) is 2. The Hall–Kier alpha value is -1.75. The maximum atomic E-state index is 12.8. The molecule has 0 aliphatic heterocycles. The van der Waals surface area contributed by atoms with Gasteiger partial charge < -0.3 is 20.1 Å². The summed E-state index contributed by atoms with van der Waals surface area (Å²) >= 11 is 0. The van der Waals surface area contributed by atoms with Crippen molar-refractivity contribution in [1.82, 2.24) is 10.2 Å². The Labute approximate surface area is 145 Å². The molecule has 0 radical (unpaired) electrons. The normalized spacial score (nSPS) is 21.8. The number of methoxy groups -OCH3 is 1.